The predicted molar refractivity (Wildman–Crippen MR) is 83.3 cm³/mol. The second-order valence-electron chi connectivity index (χ2n) is 5.14. The molecule has 0 bridgehead atoms. The largest absolute Gasteiger partial charge is 0.493 e. The van der Waals surface area contributed by atoms with E-state index in [1.165, 1.54) is 6.07 Å². The van der Waals surface area contributed by atoms with E-state index in [0.717, 1.165) is 27.8 Å². The minimum atomic E-state index is -0.193. The molecule has 1 heterocycles. The first-order chi connectivity index (χ1) is 10.2. The average molecular weight is 283 g/mol. The summed E-state index contributed by atoms with van der Waals surface area (Å²) >= 11 is 0. The third kappa shape index (κ3) is 2.64. The zero-order valence-electron chi connectivity index (χ0n) is 12.3. The summed E-state index contributed by atoms with van der Waals surface area (Å²) < 4.78 is 21.2. The fourth-order valence-electron chi connectivity index (χ4n) is 2.61. The fraction of sp³-hybridized carbons (Fsp3) is 0.222. The Morgan fingerprint density at radius 1 is 1.14 bits per heavy atom. The molecule has 2 nitrogen and oxygen atoms in total. The highest BCUT2D eigenvalue weighted by atomic mass is 19.1. The standard InChI is InChI=1S/C18H18FNO/c1-3-21-18-6-4-5-17-16(18)9-10-20(17)12-14-11-15(19)8-7-13(14)2/h4-11H,3,12H2,1-2H3. The van der Waals surface area contributed by atoms with Gasteiger partial charge in [-0.2, -0.15) is 0 Å². The Labute approximate surface area is 123 Å². The lowest BCUT2D eigenvalue weighted by Crippen LogP contribution is -2.01. The minimum absolute atomic E-state index is 0.193. The summed E-state index contributed by atoms with van der Waals surface area (Å²) in [7, 11) is 0. The molecule has 108 valence electrons. The van der Waals surface area contributed by atoms with Crippen molar-refractivity contribution < 1.29 is 9.13 Å². The van der Waals surface area contributed by atoms with E-state index in [0.29, 0.717) is 13.2 Å². The first-order valence-electron chi connectivity index (χ1n) is 7.14. The summed E-state index contributed by atoms with van der Waals surface area (Å²) in [6.07, 6.45) is 2.03. The lowest BCUT2D eigenvalue weighted by molar-refractivity contribution is 0.344. The maximum Gasteiger partial charge on any atom is 0.128 e. The van der Waals surface area contributed by atoms with E-state index >= 15 is 0 Å². The highest BCUT2D eigenvalue weighted by Gasteiger charge is 2.08. The quantitative estimate of drug-likeness (QED) is 0.686. The molecule has 3 aromatic rings. The topological polar surface area (TPSA) is 14.2 Å². The van der Waals surface area contributed by atoms with Gasteiger partial charge in [-0.3, -0.25) is 0 Å². The Bertz CT molecular complexity index is 776. The van der Waals surface area contributed by atoms with Gasteiger partial charge in [-0.1, -0.05) is 12.1 Å². The van der Waals surface area contributed by atoms with Gasteiger partial charge in [0.1, 0.15) is 11.6 Å². The van der Waals surface area contributed by atoms with Crippen LogP contribution < -0.4 is 4.74 Å². The highest BCUT2D eigenvalue weighted by Crippen LogP contribution is 2.27. The number of aryl methyl sites for hydroxylation is 1. The van der Waals surface area contributed by atoms with Crippen LogP contribution in [0.3, 0.4) is 0 Å². The molecule has 0 fully saturated rings. The van der Waals surface area contributed by atoms with E-state index < -0.39 is 0 Å². The molecule has 0 saturated heterocycles. The van der Waals surface area contributed by atoms with E-state index in [2.05, 4.69) is 16.7 Å². The van der Waals surface area contributed by atoms with Gasteiger partial charge in [0, 0.05) is 18.1 Å². The maximum absolute atomic E-state index is 13.4. The van der Waals surface area contributed by atoms with Crippen LogP contribution in [0.1, 0.15) is 18.1 Å². The number of aromatic nitrogens is 1. The van der Waals surface area contributed by atoms with Gasteiger partial charge in [0.05, 0.1) is 12.1 Å². The first kappa shape index (κ1) is 13.7. The third-order valence-electron chi connectivity index (χ3n) is 3.73. The summed E-state index contributed by atoms with van der Waals surface area (Å²) in [6.45, 7) is 5.29. The Balaban J connectivity index is 2.01. The lowest BCUT2D eigenvalue weighted by Gasteiger charge is -2.10. The van der Waals surface area contributed by atoms with Gasteiger partial charge in [0.2, 0.25) is 0 Å². The summed E-state index contributed by atoms with van der Waals surface area (Å²) in [5.74, 6) is 0.701. The number of halogens is 1. The van der Waals surface area contributed by atoms with Crippen molar-refractivity contribution in [2.24, 2.45) is 0 Å². The number of hydrogen-bond acceptors (Lipinski definition) is 1. The van der Waals surface area contributed by atoms with Gasteiger partial charge >= 0.3 is 0 Å². The second kappa shape index (κ2) is 5.60. The van der Waals surface area contributed by atoms with Crippen molar-refractivity contribution >= 4 is 10.9 Å². The van der Waals surface area contributed by atoms with E-state index in [9.17, 15) is 4.39 Å². The van der Waals surface area contributed by atoms with E-state index in [-0.39, 0.29) is 5.82 Å². The molecule has 0 N–H and O–H groups in total. The van der Waals surface area contributed by atoms with Crippen LogP contribution >= 0.6 is 0 Å². The number of hydrogen-bond donors (Lipinski definition) is 0. The van der Waals surface area contributed by atoms with Gasteiger partial charge in [0.15, 0.2) is 0 Å². The summed E-state index contributed by atoms with van der Waals surface area (Å²) in [5.41, 5.74) is 3.19. The molecule has 0 aliphatic rings. The van der Waals surface area contributed by atoms with E-state index in [4.69, 9.17) is 4.74 Å². The molecule has 0 amide bonds. The third-order valence-corrected chi connectivity index (χ3v) is 3.73. The van der Waals surface area contributed by atoms with Crippen molar-refractivity contribution in [3.8, 4) is 5.75 Å². The number of benzene rings is 2. The smallest absolute Gasteiger partial charge is 0.128 e. The minimum Gasteiger partial charge on any atom is -0.493 e. The molecule has 0 saturated carbocycles. The maximum atomic E-state index is 13.4. The molecule has 1 aromatic heterocycles. The predicted octanol–water partition coefficient (Wildman–Crippen LogP) is 4.54. The Morgan fingerprint density at radius 2 is 2.00 bits per heavy atom. The van der Waals surface area contributed by atoms with Crippen LogP contribution in [0, 0.1) is 12.7 Å². The molecule has 3 rings (SSSR count). The monoisotopic (exact) mass is 283 g/mol. The van der Waals surface area contributed by atoms with E-state index in [1.54, 1.807) is 6.07 Å². The molecule has 0 unspecified atom stereocenters. The van der Waals surface area contributed by atoms with Gasteiger partial charge < -0.3 is 9.30 Å². The normalized spacial score (nSPS) is 11.0. The molecular weight excluding hydrogens is 265 g/mol. The number of nitrogens with zero attached hydrogens (tertiary/aromatic N) is 1. The zero-order valence-corrected chi connectivity index (χ0v) is 12.3. The Hall–Kier alpha value is -2.29. The zero-order chi connectivity index (χ0) is 14.8. The van der Waals surface area contributed by atoms with Gasteiger partial charge in [-0.05, 0) is 55.3 Å². The van der Waals surface area contributed by atoms with Gasteiger partial charge in [-0.15, -0.1) is 0 Å². The van der Waals surface area contributed by atoms with Crippen LogP contribution in [0.4, 0.5) is 4.39 Å². The number of fused-ring (bicyclic) bond motifs is 1. The number of rotatable bonds is 4. The molecule has 0 aliphatic carbocycles. The van der Waals surface area contributed by atoms with Crippen molar-refractivity contribution in [2.75, 3.05) is 6.61 Å². The van der Waals surface area contributed by atoms with Crippen molar-refractivity contribution in [1.29, 1.82) is 0 Å². The first-order valence-corrected chi connectivity index (χ1v) is 7.14. The van der Waals surface area contributed by atoms with Crippen molar-refractivity contribution in [3.05, 3.63) is 65.6 Å². The van der Waals surface area contributed by atoms with Crippen LogP contribution in [0.25, 0.3) is 10.9 Å². The van der Waals surface area contributed by atoms with Crippen molar-refractivity contribution in [2.45, 2.75) is 20.4 Å². The Morgan fingerprint density at radius 3 is 2.81 bits per heavy atom. The van der Waals surface area contributed by atoms with Crippen LogP contribution in [-0.4, -0.2) is 11.2 Å². The van der Waals surface area contributed by atoms with E-state index in [1.807, 2.05) is 38.2 Å². The van der Waals surface area contributed by atoms with Crippen molar-refractivity contribution in [1.82, 2.24) is 4.57 Å². The molecule has 0 radical (unpaired) electrons. The van der Waals surface area contributed by atoms with Gasteiger partial charge in [-0.25, -0.2) is 4.39 Å². The van der Waals surface area contributed by atoms with Crippen LogP contribution in [0.2, 0.25) is 0 Å². The Kier molecular flexibility index (Phi) is 3.65. The number of ether oxygens (including phenoxy) is 1. The summed E-state index contributed by atoms with van der Waals surface area (Å²) in [5, 5.41) is 1.09. The van der Waals surface area contributed by atoms with Crippen LogP contribution in [-0.2, 0) is 6.54 Å². The molecule has 2 aromatic carbocycles. The molecule has 21 heavy (non-hydrogen) atoms. The summed E-state index contributed by atoms with van der Waals surface area (Å²) in [4.78, 5) is 0. The van der Waals surface area contributed by atoms with Crippen LogP contribution in [0.5, 0.6) is 5.75 Å². The van der Waals surface area contributed by atoms with Crippen LogP contribution in [0.15, 0.2) is 48.7 Å². The lowest BCUT2D eigenvalue weighted by atomic mass is 10.1. The second-order valence-corrected chi connectivity index (χ2v) is 5.14. The highest BCUT2D eigenvalue weighted by molar-refractivity contribution is 5.86. The molecule has 0 aliphatic heterocycles. The molecule has 0 spiro atoms. The SMILES string of the molecule is CCOc1cccc2c1ccn2Cc1cc(F)ccc1C. The fourth-order valence-corrected chi connectivity index (χ4v) is 2.61. The molecular formula is C18H18FNO. The summed E-state index contributed by atoms with van der Waals surface area (Å²) in [6, 6.07) is 13.0. The van der Waals surface area contributed by atoms with Gasteiger partial charge in [0.25, 0.3) is 0 Å². The molecule has 0 atom stereocenters. The molecule has 3 heteroatoms. The average Bonchev–Trinajstić information content (AvgIpc) is 2.88. The van der Waals surface area contributed by atoms with Crippen molar-refractivity contribution in [3.63, 3.8) is 0 Å².